The molecule has 1 aliphatic carbocycles. The topological polar surface area (TPSA) is 45.7 Å². The van der Waals surface area contributed by atoms with Gasteiger partial charge >= 0.3 is 0 Å². The van der Waals surface area contributed by atoms with Gasteiger partial charge in [-0.15, -0.1) is 0 Å². The molecule has 0 saturated heterocycles. The van der Waals surface area contributed by atoms with Crippen molar-refractivity contribution in [3.63, 3.8) is 0 Å². The maximum Gasteiger partial charge on any atom is 0.191 e. The number of aliphatic imine (C=N–C) groups is 1. The normalized spacial score (nSPS) is 23.5. The zero-order chi connectivity index (χ0) is 16.8. The number of guanidine groups is 1. The highest BCUT2D eigenvalue weighted by Gasteiger charge is 2.21. The van der Waals surface area contributed by atoms with Crippen molar-refractivity contribution in [1.82, 2.24) is 10.6 Å². The minimum atomic E-state index is 0.555. The summed E-state index contributed by atoms with van der Waals surface area (Å²) in [6.45, 7) is 1.73. The van der Waals surface area contributed by atoms with E-state index in [1.54, 1.807) is 0 Å². The average Bonchev–Trinajstić information content (AvgIpc) is 3.09. The molecule has 0 amide bonds. The van der Waals surface area contributed by atoms with E-state index in [1.165, 1.54) is 36.8 Å². The van der Waals surface area contributed by atoms with Crippen LogP contribution >= 0.6 is 11.8 Å². The monoisotopic (exact) mass is 347 g/mol. The summed E-state index contributed by atoms with van der Waals surface area (Å²) in [5.41, 5.74) is 2.71. The summed E-state index contributed by atoms with van der Waals surface area (Å²) >= 11 is 2.00. The zero-order valence-corrected chi connectivity index (χ0v) is 15.6. The van der Waals surface area contributed by atoms with Gasteiger partial charge in [-0.3, -0.25) is 4.99 Å². The van der Waals surface area contributed by atoms with Gasteiger partial charge in [-0.05, 0) is 49.1 Å². The van der Waals surface area contributed by atoms with E-state index in [2.05, 4.69) is 40.1 Å². The maximum absolute atomic E-state index is 5.57. The van der Waals surface area contributed by atoms with Crippen molar-refractivity contribution in [2.24, 2.45) is 4.99 Å². The molecule has 1 fully saturated rings. The largest absolute Gasteiger partial charge is 0.493 e. The molecule has 1 aromatic carbocycles. The average molecular weight is 348 g/mol. The van der Waals surface area contributed by atoms with E-state index in [1.807, 2.05) is 18.8 Å². The van der Waals surface area contributed by atoms with E-state index in [-0.39, 0.29) is 0 Å². The van der Waals surface area contributed by atoms with Crippen LogP contribution in [0, 0.1) is 0 Å². The number of fused-ring (bicyclic) bond motifs is 1. The Labute approximate surface area is 149 Å². The summed E-state index contributed by atoms with van der Waals surface area (Å²) in [5, 5.41) is 7.86. The van der Waals surface area contributed by atoms with E-state index in [0.717, 1.165) is 43.0 Å². The Balaban J connectivity index is 1.44. The maximum atomic E-state index is 5.57. The molecule has 1 aliphatic heterocycles. The molecule has 2 unspecified atom stereocenters. The second kappa shape index (κ2) is 8.65. The first-order valence-corrected chi connectivity index (χ1v) is 10.3. The zero-order valence-electron chi connectivity index (χ0n) is 14.8. The van der Waals surface area contributed by atoms with Gasteiger partial charge in [0.05, 0.1) is 6.61 Å². The van der Waals surface area contributed by atoms with Crippen LogP contribution in [0.3, 0.4) is 0 Å². The predicted octanol–water partition coefficient (Wildman–Crippen LogP) is 3.00. The van der Waals surface area contributed by atoms with Gasteiger partial charge in [0.25, 0.3) is 0 Å². The van der Waals surface area contributed by atoms with Crippen LogP contribution in [-0.2, 0) is 12.8 Å². The lowest BCUT2D eigenvalue weighted by Gasteiger charge is -2.29. The standard InChI is InChI=1S/C19H29N3OS/c1-20-19(22-16-4-3-5-17(13-16)24-2)21-10-8-14-6-7-18-15(12-14)9-11-23-18/h6-7,12,16-17H,3-5,8-11,13H2,1-2H3,(H2,20,21,22). The molecule has 3 rings (SSSR count). The molecule has 132 valence electrons. The van der Waals surface area contributed by atoms with Crippen LogP contribution in [0.25, 0.3) is 0 Å². The van der Waals surface area contributed by atoms with Gasteiger partial charge in [0.15, 0.2) is 5.96 Å². The van der Waals surface area contributed by atoms with Crippen molar-refractivity contribution >= 4 is 17.7 Å². The third-order valence-electron chi connectivity index (χ3n) is 4.98. The van der Waals surface area contributed by atoms with Crippen molar-refractivity contribution in [3.05, 3.63) is 29.3 Å². The molecule has 0 radical (unpaired) electrons. The van der Waals surface area contributed by atoms with E-state index in [9.17, 15) is 0 Å². The van der Waals surface area contributed by atoms with Gasteiger partial charge in [0, 0.05) is 31.3 Å². The fraction of sp³-hybridized carbons (Fsp3) is 0.632. The second-order valence-corrected chi connectivity index (χ2v) is 7.79. The van der Waals surface area contributed by atoms with Crippen molar-refractivity contribution < 1.29 is 4.74 Å². The van der Waals surface area contributed by atoms with Gasteiger partial charge < -0.3 is 15.4 Å². The summed E-state index contributed by atoms with van der Waals surface area (Å²) in [6.07, 6.45) is 9.44. The molecular weight excluding hydrogens is 318 g/mol. The fourth-order valence-corrected chi connectivity index (χ4v) is 4.43. The van der Waals surface area contributed by atoms with Crippen molar-refractivity contribution in [2.45, 2.75) is 49.8 Å². The van der Waals surface area contributed by atoms with Gasteiger partial charge in [0.1, 0.15) is 5.75 Å². The molecule has 4 nitrogen and oxygen atoms in total. The molecule has 2 aliphatic rings. The first-order chi connectivity index (χ1) is 11.8. The van der Waals surface area contributed by atoms with Crippen LogP contribution < -0.4 is 15.4 Å². The Morgan fingerprint density at radius 1 is 1.38 bits per heavy atom. The van der Waals surface area contributed by atoms with E-state index in [0.29, 0.717) is 6.04 Å². The first-order valence-electron chi connectivity index (χ1n) is 9.03. The summed E-state index contributed by atoms with van der Waals surface area (Å²) in [6, 6.07) is 7.12. The van der Waals surface area contributed by atoms with Gasteiger partial charge in [-0.2, -0.15) is 11.8 Å². The number of benzene rings is 1. The third kappa shape index (κ3) is 4.59. The lowest BCUT2D eigenvalue weighted by atomic mass is 9.95. The number of thioether (sulfide) groups is 1. The van der Waals surface area contributed by atoms with Crippen molar-refractivity contribution in [3.8, 4) is 5.75 Å². The molecule has 24 heavy (non-hydrogen) atoms. The Morgan fingerprint density at radius 2 is 2.29 bits per heavy atom. The van der Waals surface area contributed by atoms with Crippen LogP contribution in [0.5, 0.6) is 5.75 Å². The minimum absolute atomic E-state index is 0.555. The molecule has 0 aromatic heterocycles. The van der Waals surface area contributed by atoms with Crippen LogP contribution in [0.4, 0.5) is 0 Å². The SMILES string of the molecule is CN=C(NCCc1ccc2c(c1)CCO2)NC1CCCC(SC)C1. The van der Waals surface area contributed by atoms with Crippen molar-refractivity contribution in [1.29, 1.82) is 0 Å². The number of ether oxygens (including phenoxy) is 1. The smallest absolute Gasteiger partial charge is 0.191 e. The van der Waals surface area contributed by atoms with Gasteiger partial charge in [0.2, 0.25) is 0 Å². The van der Waals surface area contributed by atoms with Crippen LogP contribution in [0.15, 0.2) is 23.2 Å². The van der Waals surface area contributed by atoms with Crippen LogP contribution in [0.1, 0.15) is 36.8 Å². The molecule has 1 saturated carbocycles. The summed E-state index contributed by atoms with van der Waals surface area (Å²) < 4.78 is 5.57. The predicted molar refractivity (Wildman–Crippen MR) is 103 cm³/mol. The highest BCUT2D eigenvalue weighted by molar-refractivity contribution is 7.99. The Hall–Kier alpha value is -1.36. The molecule has 5 heteroatoms. The van der Waals surface area contributed by atoms with Gasteiger partial charge in [-0.25, -0.2) is 0 Å². The van der Waals surface area contributed by atoms with E-state index in [4.69, 9.17) is 4.74 Å². The second-order valence-electron chi connectivity index (χ2n) is 6.66. The number of hydrogen-bond acceptors (Lipinski definition) is 3. The van der Waals surface area contributed by atoms with E-state index < -0.39 is 0 Å². The summed E-state index contributed by atoms with van der Waals surface area (Å²) in [7, 11) is 1.86. The summed E-state index contributed by atoms with van der Waals surface area (Å²) in [5.74, 6) is 2.00. The molecule has 2 N–H and O–H groups in total. The number of nitrogens with one attached hydrogen (secondary N) is 2. The molecule has 1 aromatic rings. The molecule has 0 spiro atoms. The molecule has 0 bridgehead atoms. The highest BCUT2D eigenvalue weighted by Crippen LogP contribution is 2.27. The number of nitrogens with zero attached hydrogens (tertiary/aromatic N) is 1. The van der Waals surface area contributed by atoms with Gasteiger partial charge in [-0.1, -0.05) is 18.6 Å². The van der Waals surface area contributed by atoms with Crippen molar-refractivity contribution in [2.75, 3.05) is 26.5 Å². The van der Waals surface area contributed by atoms with Crippen LogP contribution in [-0.4, -0.2) is 43.7 Å². The highest BCUT2D eigenvalue weighted by atomic mass is 32.2. The molecular formula is C19H29N3OS. The molecule has 2 atom stereocenters. The lowest BCUT2D eigenvalue weighted by Crippen LogP contribution is -2.46. The fourth-order valence-electron chi connectivity index (χ4n) is 3.60. The summed E-state index contributed by atoms with van der Waals surface area (Å²) in [4.78, 5) is 4.39. The first kappa shape index (κ1) is 17.5. The lowest BCUT2D eigenvalue weighted by molar-refractivity contribution is 0.357. The molecule has 1 heterocycles. The third-order valence-corrected chi connectivity index (χ3v) is 6.08. The Kier molecular flexibility index (Phi) is 6.30. The number of rotatable bonds is 5. The van der Waals surface area contributed by atoms with E-state index >= 15 is 0 Å². The Bertz CT molecular complexity index is 576. The number of hydrogen-bond donors (Lipinski definition) is 2. The minimum Gasteiger partial charge on any atom is -0.493 e. The van der Waals surface area contributed by atoms with Crippen LogP contribution in [0.2, 0.25) is 0 Å². The Morgan fingerprint density at radius 3 is 3.12 bits per heavy atom. The quantitative estimate of drug-likeness (QED) is 0.635.